The maximum atomic E-state index is 10.5. The van der Waals surface area contributed by atoms with Crippen LogP contribution >= 0.6 is 11.6 Å². The van der Waals surface area contributed by atoms with Crippen molar-refractivity contribution >= 4 is 17.9 Å². The summed E-state index contributed by atoms with van der Waals surface area (Å²) in [6.07, 6.45) is 6.14. The molecule has 1 aromatic rings. The standard InChI is InChI=1S/C13H14ClO/c14-13-4-2-1-3-12(13)11-7-5-10(9-15)6-8-11/h1-4,10-11H,5-8H2. The number of carbonyl (C=O) groups excluding carboxylic acids is 1. The van der Waals surface area contributed by atoms with Gasteiger partial charge in [0.2, 0.25) is 6.29 Å². The Morgan fingerprint density at radius 2 is 1.80 bits per heavy atom. The van der Waals surface area contributed by atoms with Gasteiger partial charge in [0.25, 0.3) is 0 Å². The number of hydrogen-bond acceptors (Lipinski definition) is 1. The molecule has 1 nitrogen and oxygen atoms in total. The highest BCUT2D eigenvalue weighted by molar-refractivity contribution is 6.31. The van der Waals surface area contributed by atoms with Crippen molar-refractivity contribution in [2.75, 3.05) is 0 Å². The van der Waals surface area contributed by atoms with Gasteiger partial charge in [-0.3, -0.25) is 4.79 Å². The summed E-state index contributed by atoms with van der Waals surface area (Å²) in [5, 5.41) is 0.857. The molecule has 1 radical (unpaired) electrons. The molecule has 1 aromatic carbocycles. The fraction of sp³-hybridized carbons (Fsp3) is 0.462. The van der Waals surface area contributed by atoms with Crippen molar-refractivity contribution < 1.29 is 4.79 Å². The average Bonchev–Trinajstić information content (AvgIpc) is 2.30. The van der Waals surface area contributed by atoms with Crippen molar-refractivity contribution in [2.45, 2.75) is 31.6 Å². The monoisotopic (exact) mass is 221 g/mol. The highest BCUT2D eigenvalue weighted by Gasteiger charge is 2.23. The summed E-state index contributed by atoms with van der Waals surface area (Å²) in [5.41, 5.74) is 1.24. The Kier molecular flexibility index (Phi) is 3.42. The molecule has 79 valence electrons. The maximum absolute atomic E-state index is 10.5. The Labute approximate surface area is 95.4 Å². The number of rotatable bonds is 2. The highest BCUT2D eigenvalue weighted by Crippen LogP contribution is 2.37. The lowest BCUT2D eigenvalue weighted by atomic mass is 9.79. The van der Waals surface area contributed by atoms with Gasteiger partial charge in [-0.2, -0.15) is 0 Å². The fourth-order valence-corrected chi connectivity index (χ4v) is 2.62. The first-order chi connectivity index (χ1) is 7.31. The summed E-state index contributed by atoms with van der Waals surface area (Å²) in [6, 6.07) is 8.02. The quantitative estimate of drug-likeness (QED) is 0.744. The third kappa shape index (κ3) is 2.40. The van der Waals surface area contributed by atoms with Crippen molar-refractivity contribution in [3.05, 3.63) is 34.9 Å². The first-order valence-corrected chi connectivity index (χ1v) is 5.81. The zero-order valence-corrected chi connectivity index (χ0v) is 9.33. The molecule has 1 aliphatic carbocycles. The van der Waals surface area contributed by atoms with Crippen LogP contribution in [0.1, 0.15) is 37.2 Å². The van der Waals surface area contributed by atoms with Gasteiger partial charge in [-0.05, 0) is 43.2 Å². The second kappa shape index (κ2) is 4.80. The molecule has 0 aliphatic heterocycles. The van der Waals surface area contributed by atoms with Crippen LogP contribution in [-0.2, 0) is 4.79 Å². The second-order valence-corrected chi connectivity index (χ2v) is 4.60. The van der Waals surface area contributed by atoms with Gasteiger partial charge < -0.3 is 0 Å². The first-order valence-electron chi connectivity index (χ1n) is 5.43. The molecule has 1 aliphatic rings. The molecule has 0 aromatic heterocycles. The lowest BCUT2D eigenvalue weighted by molar-refractivity contribution is 0.377. The summed E-state index contributed by atoms with van der Waals surface area (Å²) in [7, 11) is 0. The van der Waals surface area contributed by atoms with Gasteiger partial charge in [0.15, 0.2) is 0 Å². The maximum Gasteiger partial charge on any atom is 0.201 e. The molecule has 0 amide bonds. The van der Waals surface area contributed by atoms with E-state index in [4.69, 9.17) is 11.6 Å². The minimum absolute atomic E-state index is 0.156. The van der Waals surface area contributed by atoms with E-state index in [1.54, 1.807) is 0 Å². The summed E-state index contributed by atoms with van der Waals surface area (Å²) < 4.78 is 0. The van der Waals surface area contributed by atoms with E-state index in [1.165, 1.54) is 5.56 Å². The molecule has 0 N–H and O–H groups in total. The summed E-state index contributed by atoms with van der Waals surface area (Å²) in [6.45, 7) is 0. The van der Waals surface area contributed by atoms with Crippen molar-refractivity contribution in [1.29, 1.82) is 0 Å². The summed E-state index contributed by atoms with van der Waals surface area (Å²) >= 11 is 6.15. The Balaban J connectivity index is 2.07. The lowest BCUT2D eigenvalue weighted by Gasteiger charge is -2.25. The predicted octanol–water partition coefficient (Wildman–Crippen LogP) is 3.72. The van der Waals surface area contributed by atoms with E-state index < -0.39 is 0 Å². The third-order valence-corrected chi connectivity index (χ3v) is 3.58. The van der Waals surface area contributed by atoms with E-state index in [-0.39, 0.29) is 5.92 Å². The van der Waals surface area contributed by atoms with Gasteiger partial charge in [-0.15, -0.1) is 0 Å². The molecule has 1 saturated carbocycles. The van der Waals surface area contributed by atoms with Gasteiger partial charge in [0.05, 0.1) is 0 Å². The zero-order chi connectivity index (χ0) is 10.7. The van der Waals surface area contributed by atoms with Crippen LogP contribution in [0.2, 0.25) is 5.02 Å². The normalized spacial score (nSPS) is 26.2. The SMILES string of the molecule is O=[C]C1CCC(c2ccccc2Cl)CC1. The third-order valence-electron chi connectivity index (χ3n) is 3.24. The van der Waals surface area contributed by atoms with E-state index in [0.717, 1.165) is 30.7 Å². The minimum atomic E-state index is 0.156. The Bertz CT molecular complexity index is 340. The lowest BCUT2D eigenvalue weighted by Crippen LogP contribution is -2.14. The second-order valence-electron chi connectivity index (χ2n) is 4.19. The number of halogens is 1. The largest absolute Gasteiger partial charge is 0.291 e. The van der Waals surface area contributed by atoms with Crippen molar-refractivity contribution in [2.24, 2.45) is 5.92 Å². The van der Waals surface area contributed by atoms with Gasteiger partial charge in [0.1, 0.15) is 0 Å². The van der Waals surface area contributed by atoms with Crippen LogP contribution in [0.5, 0.6) is 0 Å². The van der Waals surface area contributed by atoms with Crippen molar-refractivity contribution in [3.63, 3.8) is 0 Å². The molecular formula is C13H14ClO. The van der Waals surface area contributed by atoms with E-state index in [0.29, 0.717) is 5.92 Å². The molecule has 0 saturated heterocycles. The molecule has 2 heteroatoms. The Morgan fingerprint density at radius 3 is 2.40 bits per heavy atom. The van der Waals surface area contributed by atoms with E-state index in [9.17, 15) is 4.79 Å². The highest BCUT2D eigenvalue weighted by atomic mass is 35.5. The van der Waals surface area contributed by atoms with Gasteiger partial charge in [-0.1, -0.05) is 29.8 Å². The molecule has 0 atom stereocenters. The average molecular weight is 222 g/mol. The molecule has 0 spiro atoms. The van der Waals surface area contributed by atoms with Crippen LogP contribution < -0.4 is 0 Å². The Morgan fingerprint density at radius 1 is 1.13 bits per heavy atom. The van der Waals surface area contributed by atoms with Gasteiger partial charge >= 0.3 is 0 Å². The van der Waals surface area contributed by atoms with Crippen LogP contribution in [0.15, 0.2) is 24.3 Å². The fourth-order valence-electron chi connectivity index (χ4n) is 2.33. The van der Waals surface area contributed by atoms with E-state index in [1.807, 2.05) is 18.2 Å². The van der Waals surface area contributed by atoms with Crippen LogP contribution in [0.25, 0.3) is 0 Å². The molecule has 0 bridgehead atoms. The van der Waals surface area contributed by atoms with E-state index in [2.05, 4.69) is 12.4 Å². The zero-order valence-electron chi connectivity index (χ0n) is 8.58. The van der Waals surface area contributed by atoms with Gasteiger partial charge in [0, 0.05) is 10.9 Å². The predicted molar refractivity (Wildman–Crippen MR) is 61.8 cm³/mol. The minimum Gasteiger partial charge on any atom is -0.291 e. The smallest absolute Gasteiger partial charge is 0.201 e. The number of benzene rings is 1. The molecule has 2 rings (SSSR count). The topological polar surface area (TPSA) is 17.1 Å². The van der Waals surface area contributed by atoms with E-state index >= 15 is 0 Å². The first kappa shape index (κ1) is 10.7. The number of hydrogen-bond donors (Lipinski definition) is 0. The summed E-state index contributed by atoms with van der Waals surface area (Å²) in [5.74, 6) is 0.687. The van der Waals surface area contributed by atoms with Crippen LogP contribution in [0, 0.1) is 5.92 Å². The molecule has 0 unspecified atom stereocenters. The molecule has 15 heavy (non-hydrogen) atoms. The summed E-state index contributed by atoms with van der Waals surface area (Å²) in [4.78, 5) is 10.5. The molecule has 0 heterocycles. The Hall–Kier alpha value is -0.820. The molecular weight excluding hydrogens is 208 g/mol. The van der Waals surface area contributed by atoms with Crippen LogP contribution in [-0.4, -0.2) is 6.29 Å². The van der Waals surface area contributed by atoms with Crippen molar-refractivity contribution in [3.8, 4) is 0 Å². The van der Waals surface area contributed by atoms with Crippen molar-refractivity contribution in [1.82, 2.24) is 0 Å². The molecule has 1 fully saturated rings. The van der Waals surface area contributed by atoms with Gasteiger partial charge in [-0.25, -0.2) is 0 Å². The van der Waals surface area contributed by atoms with Crippen LogP contribution in [0.4, 0.5) is 0 Å². The van der Waals surface area contributed by atoms with Crippen LogP contribution in [0.3, 0.4) is 0 Å².